The maximum atomic E-state index is 12.6. The molecule has 0 spiro atoms. The van der Waals surface area contributed by atoms with Crippen LogP contribution < -0.4 is 5.56 Å². The van der Waals surface area contributed by atoms with Crippen molar-refractivity contribution in [2.45, 2.75) is 6.61 Å². The predicted octanol–water partition coefficient (Wildman–Crippen LogP) is 3.06. The summed E-state index contributed by atoms with van der Waals surface area (Å²) in [6.45, 7) is -0.0708. The summed E-state index contributed by atoms with van der Waals surface area (Å²) < 4.78 is 2.29. The summed E-state index contributed by atoms with van der Waals surface area (Å²) in [5.74, 6) is 0. The number of aromatic nitrogens is 1. The van der Waals surface area contributed by atoms with Crippen LogP contribution in [0.2, 0.25) is 0 Å². The third kappa shape index (κ3) is 2.49. The van der Waals surface area contributed by atoms with Crippen LogP contribution in [-0.2, 0) is 6.61 Å². The third-order valence-corrected chi connectivity index (χ3v) is 4.15. The first-order valence-electron chi connectivity index (χ1n) is 6.64. The number of benzene rings is 2. The molecule has 1 heterocycles. The van der Waals surface area contributed by atoms with Crippen molar-refractivity contribution < 1.29 is 9.90 Å². The molecule has 0 unspecified atom stereocenters. The molecule has 0 saturated carbocycles. The lowest BCUT2D eigenvalue weighted by atomic mass is 10.1. The summed E-state index contributed by atoms with van der Waals surface area (Å²) in [5, 5.41) is 10.5. The molecule has 0 aliphatic heterocycles. The highest BCUT2D eigenvalue weighted by atomic mass is 79.9. The molecule has 0 fully saturated rings. The van der Waals surface area contributed by atoms with Crippen molar-refractivity contribution in [3.8, 4) is 5.69 Å². The molecule has 3 aromatic rings. The second-order valence-corrected chi connectivity index (χ2v) is 5.75. The number of fused-ring (bicyclic) bond motifs is 1. The molecule has 3 rings (SSSR count). The maximum absolute atomic E-state index is 12.6. The molecule has 0 bridgehead atoms. The average molecular weight is 358 g/mol. The first kappa shape index (κ1) is 14.7. The van der Waals surface area contributed by atoms with Crippen LogP contribution in [0.4, 0.5) is 0 Å². The van der Waals surface area contributed by atoms with Gasteiger partial charge in [0.15, 0.2) is 0 Å². The van der Waals surface area contributed by atoms with Gasteiger partial charge in [-0.2, -0.15) is 0 Å². The average Bonchev–Trinajstić information content (AvgIpc) is 2.57. The first-order valence-corrected chi connectivity index (χ1v) is 7.43. The van der Waals surface area contributed by atoms with E-state index in [1.807, 2.05) is 0 Å². The van der Waals surface area contributed by atoms with E-state index < -0.39 is 0 Å². The lowest BCUT2D eigenvalue weighted by Gasteiger charge is -2.10. The molecule has 0 radical (unpaired) electrons. The Bertz CT molecular complexity index is 914. The van der Waals surface area contributed by atoms with Gasteiger partial charge in [-0.05, 0) is 57.9 Å². The van der Waals surface area contributed by atoms with Crippen molar-refractivity contribution in [3.63, 3.8) is 0 Å². The Morgan fingerprint density at radius 1 is 1.09 bits per heavy atom. The van der Waals surface area contributed by atoms with Crippen LogP contribution in [0.25, 0.3) is 16.5 Å². The fraction of sp³-hybridized carbons (Fsp3) is 0.0588. The zero-order valence-electron chi connectivity index (χ0n) is 11.5. The number of rotatable bonds is 3. The van der Waals surface area contributed by atoms with E-state index in [2.05, 4.69) is 15.9 Å². The number of carbonyl (C=O) groups excluding carboxylic acids is 1. The van der Waals surface area contributed by atoms with E-state index >= 15 is 0 Å². The summed E-state index contributed by atoms with van der Waals surface area (Å²) in [7, 11) is 0. The Kier molecular flexibility index (Phi) is 3.92. The number of pyridine rings is 1. The van der Waals surface area contributed by atoms with Gasteiger partial charge in [0, 0.05) is 32.7 Å². The van der Waals surface area contributed by atoms with Crippen molar-refractivity contribution in [1.82, 2.24) is 4.57 Å². The molecule has 0 amide bonds. The molecule has 5 heteroatoms. The maximum Gasteiger partial charge on any atom is 0.263 e. The molecular weight excluding hydrogens is 346 g/mol. The van der Waals surface area contributed by atoms with E-state index in [1.54, 1.807) is 48.7 Å². The summed E-state index contributed by atoms with van der Waals surface area (Å²) >= 11 is 3.47. The number of hydrogen-bond acceptors (Lipinski definition) is 3. The SMILES string of the molecule is O=Cc1ccc(-n2cc(Br)c3cc(CO)ccc3c2=O)cc1. The van der Waals surface area contributed by atoms with Crippen LogP contribution in [0.1, 0.15) is 15.9 Å². The van der Waals surface area contributed by atoms with Gasteiger partial charge in [0.1, 0.15) is 6.29 Å². The van der Waals surface area contributed by atoms with Crippen molar-refractivity contribution in [1.29, 1.82) is 0 Å². The minimum atomic E-state index is -0.151. The Balaban J connectivity index is 2.24. The Morgan fingerprint density at radius 3 is 2.45 bits per heavy atom. The Hall–Kier alpha value is -2.24. The van der Waals surface area contributed by atoms with Crippen LogP contribution in [0.3, 0.4) is 0 Å². The second-order valence-electron chi connectivity index (χ2n) is 4.90. The molecule has 1 N–H and O–H groups in total. The number of aliphatic hydroxyl groups excluding tert-OH is 1. The molecule has 22 heavy (non-hydrogen) atoms. The molecule has 0 atom stereocenters. The van der Waals surface area contributed by atoms with Gasteiger partial charge in [0.25, 0.3) is 5.56 Å². The summed E-state index contributed by atoms with van der Waals surface area (Å²) in [6.07, 6.45) is 2.46. The molecular formula is C17H12BrNO3. The van der Waals surface area contributed by atoms with Gasteiger partial charge in [-0.25, -0.2) is 0 Å². The smallest absolute Gasteiger partial charge is 0.263 e. The Labute approximate surface area is 134 Å². The number of carbonyl (C=O) groups is 1. The van der Waals surface area contributed by atoms with E-state index in [4.69, 9.17) is 0 Å². The van der Waals surface area contributed by atoms with Gasteiger partial charge in [-0.15, -0.1) is 0 Å². The fourth-order valence-corrected chi connectivity index (χ4v) is 2.88. The van der Waals surface area contributed by atoms with Gasteiger partial charge in [-0.3, -0.25) is 14.2 Å². The molecule has 2 aromatic carbocycles. The number of halogens is 1. The van der Waals surface area contributed by atoms with Gasteiger partial charge >= 0.3 is 0 Å². The highest BCUT2D eigenvalue weighted by Crippen LogP contribution is 2.24. The largest absolute Gasteiger partial charge is 0.392 e. The topological polar surface area (TPSA) is 59.3 Å². The van der Waals surface area contributed by atoms with Crippen LogP contribution in [0.5, 0.6) is 0 Å². The third-order valence-electron chi connectivity index (χ3n) is 3.52. The van der Waals surface area contributed by atoms with Crippen LogP contribution in [-0.4, -0.2) is 16.0 Å². The van der Waals surface area contributed by atoms with E-state index in [0.29, 0.717) is 16.6 Å². The van der Waals surface area contributed by atoms with E-state index in [1.165, 1.54) is 4.57 Å². The number of nitrogens with zero attached hydrogens (tertiary/aromatic N) is 1. The highest BCUT2D eigenvalue weighted by Gasteiger charge is 2.09. The zero-order chi connectivity index (χ0) is 15.7. The standard InChI is InChI=1S/C17H12BrNO3/c18-16-8-19(13-4-1-11(9-20)2-5-13)17(22)14-6-3-12(10-21)7-15(14)16/h1-9,21H,10H2. The van der Waals surface area contributed by atoms with Gasteiger partial charge in [-0.1, -0.05) is 6.07 Å². The second kappa shape index (κ2) is 5.87. The molecule has 110 valence electrons. The summed E-state index contributed by atoms with van der Waals surface area (Å²) in [6, 6.07) is 12.0. The zero-order valence-corrected chi connectivity index (χ0v) is 13.1. The lowest BCUT2D eigenvalue weighted by molar-refractivity contribution is 0.112. The normalized spacial score (nSPS) is 10.8. The van der Waals surface area contributed by atoms with Crippen molar-refractivity contribution in [2.75, 3.05) is 0 Å². The quantitative estimate of drug-likeness (QED) is 0.732. The number of hydrogen-bond donors (Lipinski definition) is 1. The molecule has 0 aliphatic rings. The van der Waals surface area contributed by atoms with Gasteiger partial charge in [0.2, 0.25) is 0 Å². The Morgan fingerprint density at radius 2 is 1.82 bits per heavy atom. The van der Waals surface area contributed by atoms with Crippen molar-refractivity contribution in [2.24, 2.45) is 0 Å². The molecule has 0 aliphatic carbocycles. The van der Waals surface area contributed by atoms with Crippen LogP contribution in [0.15, 0.2) is 57.9 Å². The predicted molar refractivity (Wildman–Crippen MR) is 88.6 cm³/mol. The monoisotopic (exact) mass is 357 g/mol. The van der Waals surface area contributed by atoms with Crippen molar-refractivity contribution >= 4 is 33.0 Å². The first-order chi connectivity index (χ1) is 10.6. The highest BCUT2D eigenvalue weighted by molar-refractivity contribution is 9.10. The van der Waals surface area contributed by atoms with E-state index in [0.717, 1.165) is 21.7 Å². The molecule has 4 nitrogen and oxygen atoms in total. The van der Waals surface area contributed by atoms with Crippen LogP contribution in [0, 0.1) is 0 Å². The van der Waals surface area contributed by atoms with E-state index in [-0.39, 0.29) is 12.2 Å². The van der Waals surface area contributed by atoms with E-state index in [9.17, 15) is 14.7 Å². The summed E-state index contributed by atoms with van der Waals surface area (Å²) in [4.78, 5) is 23.4. The van der Waals surface area contributed by atoms with Crippen molar-refractivity contribution in [3.05, 3.63) is 74.6 Å². The number of aldehydes is 1. The van der Waals surface area contributed by atoms with Gasteiger partial charge < -0.3 is 5.11 Å². The minimum absolute atomic E-state index is 0.0708. The van der Waals surface area contributed by atoms with Gasteiger partial charge in [0.05, 0.1) is 6.61 Å². The summed E-state index contributed by atoms with van der Waals surface area (Å²) in [5.41, 5.74) is 1.84. The minimum Gasteiger partial charge on any atom is -0.392 e. The fourth-order valence-electron chi connectivity index (χ4n) is 2.35. The lowest BCUT2D eigenvalue weighted by Crippen LogP contribution is -2.18. The molecule has 0 saturated heterocycles. The number of aliphatic hydroxyl groups is 1. The van der Waals surface area contributed by atoms with Crippen LogP contribution >= 0.6 is 15.9 Å². The molecule has 1 aromatic heterocycles.